The van der Waals surface area contributed by atoms with E-state index in [1.165, 1.54) is 11.1 Å². The molecule has 0 atom stereocenters. The molecule has 118 valence electrons. The molecule has 0 bridgehead atoms. The lowest BCUT2D eigenvalue weighted by Crippen LogP contribution is -2.29. The number of hydrogen-bond donors (Lipinski definition) is 1. The minimum absolute atomic E-state index is 0.527. The summed E-state index contributed by atoms with van der Waals surface area (Å²) in [6.07, 6.45) is 8.69. The van der Waals surface area contributed by atoms with Gasteiger partial charge in [0, 0.05) is 11.8 Å². The molecule has 0 radical (unpaired) electrons. The van der Waals surface area contributed by atoms with Gasteiger partial charge in [0.1, 0.15) is 5.75 Å². The Labute approximate surface area is 132 Å². The first-order valence-electron chi connectivity index (χ1n) is 8.35. The Kier molecular flexibility index (Phi) is 5.11. The van der Waals surface area contributed by atoms with Crippen LogP contribution in [0.5, 0.6) is 5.75 Å². The van der Waals surface area contributed by atoms with Crippen molar-refractivity contribution >= 4 is 0 Å². The summed E-state index contributed by atoms with van der Waals surface area (Å²) < 4.78 is 7.92. The van der Waals surface area contributed by atoms with E-state index in [9.17, 15) is 0 Å². The van der Waals surface area contributed by atoms with Crippen LogP contribution in [0, 0.1) is 0 Å². The summed E-state index contributed by atoms with van der Waals surface area (Å²) in [5, 5.41) is 7.97. The summed E-state index contributed by atoms with van der Waals surface area (Å²) in [5.41, 5.74) is 2.34. The van der Waals surface area contributed by atoms with E-state index in [4.69, 9.17) is 4.74 Å². The number of piperidine rings is 1. The summed E-state index contributed by atoms with van der Waals surface area (Å²) in [6.45, 7) is 5.13. The molecular formula is C18H25N3O. The van der Waals surface area contributed by atoms with E-state index in [2.05, 4.69) is 46.4 Å². The summed E-state index contributed by atoms with van der Waals surface area (Å²) in [6, 6.07) is 8.84. The largest absolute Gasteiger partial charge is 0.494 e. The smallest absolute Gasteiger partial charge is 0.119 e. The van der Waals surface area contributed by atoms with Gasteiger partial charge in [-0.15, -0.1) is 0 Å². The number of benzene rings is 1. The van der Waals surface area contributed by atoms with E-state index in [1.54, 1.807) is 0 Å². The SMILES string of the molecule is CCCCOc1cccc(-c2cnn(C3CCNCC3)c2)c1. The normalized spacial score (nSPS) is 15.9. The summed E-state index contributed by atoms with van der Waals surface area (Å²) in [7, 11) is 0. The van der Waals surface area contributed by atoms with Crippen molar-refractivity contribution in [2.75, 3.05) is 19.7 Å². The number of aromatic nitrogens is 2. The van der Waals surface area contributed by atoms with Gasteiger partial charge in [-0.25, -0.2) is 0 Å². The molecule has 0 unspecified atom stereocenters. The molecule has 0 saturated carbocycles. The van der Waals surface area contributed by atoms with Crippen LogP contribution in [-0.2, 0) is 0 Å². The number of nitrogens with one attached hydrogen (secondary N) is 1. The number of ether oxygens (including phenoxy) is 1. The van der Waals surface area contributed by atoms with Crippen molar-refractivity contribution in [2.24, 2.45) is 0 Å². The average molecular weight is 299 g/mol. The van der Waals surface area contributed by atoms with E-state index in [0.717, 1.165) is 51.1 Å². The van der Waals surface area contributed by atoms with Crippen molar-refractivity contribution in [3.63, 3.8) is 0 Å². The molecular weight excluding hydrogens is 274 g/mol. The van der Waals surface area contributed by atoms with Gasteiger partial charge in [-0.05, 0) is 50.0 Å². The minimum Gasteiger partial charge on any atom is -0.494 e. The van der Waals surface area contributed by atoms with Gasteiger partial charge in [0.05, 0.1) is 18.8 Å². The quantitative estimate of drug-likeness (QED) is 0.828. The second-order valence-electron chi connectivity index (χ2n) is 5.92. The minimum atomic E-state index is 0.527. The first kappa shape index (κ1) is 15.1. The lowest BCUT2D eigenvalue weighted by Gasteiger charge is -2.22. The maximum Gasteiger partial charge on any atom is 0.119 e. The molecule has 0 aliphatic carbocycles. The molecule has 1 aromatic carbocycles. The molecule has 1 N–H and O–H groups in total. The zero-order valence-corrected chi connectivity index (χ0v) is 13.3. The Balaban J connectivity index is 1.71. The molecule has 2 heterocycles. The maximum absolute atomic E-state index is 5.80. The lowest BCUT2D eigenvalue weighted by molar-refractivity contribution is 0.309. The topological polar surface area (TPSA) is 39.1 Å². The number of hydrogen-bond acceptors (Lipinski definition) is 3. The van der Waals surface area contributed by atoms with E-state index in [0.29, 0.717) is 6.04 Å². The van der Waals surface area contributed by atoms with Gasteiger partial charge >= 0.3 is 0 Å². The lowest BCUT2D eigenvalue weighted by atomic mass is 10.1. The molecule has 1 fully saturated rings. The van der Waals surface area contributed by atoms with Gasteiger partial charge in [-0.3, -0.25) is 4.68 Å². The Hall–Kier alpha value is -1.81. The third-order valence-corrected chi connectivity index (χ3v) is 4.22. The van der Waals surface area contributed by atoms with Crippen molar-refractivity contribution in [3.8, 4) is 16.9 Å². The molecule has 2 aromatic rings. The molecule has 0 amide bonds. The monoisotopic (exact) mass is 299 g/mol. The summed E-state index contributed by atoms with van der Waals surface area (Å²) in [4.78, 5) is 0. The van der Waals surface area contributed by atoms with E-state index < -0.39 is 0 Å². The van der Waals surface area contributed by atoms with Crippen molar-refractivity contribution < 1.29 is 4.74 Å². The van der Waals surface area contributed by atoms with Crippen LogP contribution in [-0.4, -0.2) is 29.5 Å². The number of nitrogens with zero attached hydrogens (tertiary/aromatic N) is 2. The van der Waals surface area contributed by atoms with Crippen LogP contribution >= 0.6 is 0 Å². The molecule has 1 aliphatic rings. The highest BCUT2D eigenvalue weighted by molar-refractivity contribution is 5.63. The first-order valence-corrected chi connectivity index (χ1v) is 8.35. The fourth-order valence-electron chi connectivity index (χ4n) is 2.86. The van der Waals surface area contributed by atoms with Crippen molar-refractivity contribution in [1.29, 1.82) is 0 Å². The van der Waals surface area contributed by atoms with Gasteiger partial charge in [0.15, 0.2) is 0 Å². The van der Waals surface area contributed by atoms with Gasteiger partial charge in [0.2, 0.25) is 0 Å². The van der Waals surface area contributed by atoms with E-state index in [1.807, 2.05) is 12.3 Å². The molecule has 22 heavy (non-hydrogen) atoms. The molecule has 1 aromatic heterocycles. The highest BCUT2D eigenvalue weighted by Crippen LogP contribution is 2.26. The molecule has 1 saturated heterocycles. The average Bonchev–Trinajstić information content (AvgIpc) is 3.06. The van der Waals surface area contributed by atoms with Crippen molar-refractivity contribution in [3.05, 3.63) is 36.7 Å². The van der Waals surface area contributed by atoms with Gasteiger partial charge in [-0.2, -0.15) is 5.10 Å². The summed E-state index contributed by atoms with van der Waals surface area (Å²) in [5.74, 6) is 0.945. The molecule has 3 rings (SSSR count). The third-order valence-electron chi connectivity index (χ3n) is 4.22. The molecule has 4 heteroatoms. The van der Waals surface area contributed by atoms with Crippen molar-refractivity contribution in [2.45, 2.75) is 38.6 Å². The van der Waals surface area contributed by atoms with Crippen LogP contribution < -0.4 is 10.1 Å². The maximum atomic E-state index is 5.80. The van der Waals surface area contributed by atoms with Gasteiger partial charge in [-0.1, -0.05) is 25.5 Å². The standard InChI is InChI=1S/C18H25N3O/c1-2-3-11-22-18-6-4-5-15(12-18)16-13-20-21(14-16)17-7-9-19-10-8-17/h4-6,12-14,17,19H,2-3,7-11H2,1H3. The van der Waals surface area contributed by atoms with E-state index in [-0.39, 0.29) is 0 Å². The highest BCUT2D eigenvalue weighted by atomic mass is 16.5. The van der Waals surface area contributed by atoms with Gasteiger partial charge < -0.3 is 10.1 Å². The molecule has 0 spiro atoms. The summed E-state index contributed by atoms with van der Waals surface area (Å²) >= 11 is 0. The highest BCUT2D eigenvalue weighted by Gasteiger charge is 2.16. The van der Waals surface area contributed by atoms with E-state index >= 15 is 0 Å². The molecule has 1 aliphatic heterocycles. The first-order chi connectivity index (χ1) is 10.9. The van der Waals surface area contributed by atoms with Crippen LogP contribution in [0.25, 0.3) is 11.1 Å². The predicted octanol–water partition coefficient (Wildman–Crippen LogP) is 3.65. The Bertz CT molecular complexity index is 588. The third kappa shape index (κ3) is 3.69. The molecule has 4 nitrogen and oxygen atoms in total. The van der Waals surface area contributed by atoms with Crippen LogP contribution in [0.15, 0.2) is 36.7 Å². The fraction of sp³-hybridized carbons (Fsp3) is 0.500. The Morgan fingerprint density at radius 3 is 2.95 bits per heavy atom. The van der Waals surface area contributed by atoms with Gasteiger partial charge in [0.25, 0.3) is 0 Å². The van der Waals surface area contributed by atoms with Crippen molar-refractivity contribution in [1.82, 2.24) is 15.1 Å². The second kappa shape index (κ2) is 7.45. The number of rotatable bonds is 6. The fourth-order valence-corrected chi connectivity index (χ4v) is 2.86. The van der Waals surface area contributed by atoms with Crippen LogP contribution in [0.4, 0.5) is 0 Å². The zero-order valence-electron chi connectivity index (χ0n) is 13.3. The van der Waals surface area contributed by atoms with Crippen LogP contribution in [0.3, 0.4) is 0 Å². The number of unbranched alkanes of at least 4 members (excludes halogenated alkanes) is 1. The van der Waals surface area contributed by atoms with Crippen LogP contribution in [0.2, 0.25) is 0 Å². The Morgan fingerprint density at radius 2 is 2.14 bits per heavy atom. The zero-order chi connectivity index (χ0) is 15.2. The van der Waals surface area contributed by atoms with Crippen LogP contribution in [0.1, 0.15) is 38.6 Å². The predicted molar refractivity (Wildman–Crippen MR) is 89.2 cm³/mol. The Morgan fingerprint density at radius 1 is 1.27 bits per heavy atom. The second-order valence-corrected chi connectivity index (χ2v) is 5.92.